The van der Waals surface area contributed by atoms with Crippen LogP contribution in [0.15, 0.2) is 36.0 Å². The van der Waals surface area contributed by atoms with Crippen molar-refractivity contribution in [1.82, 2.24) is 0 Å². The predicted molar refractivity (Wildman–Crippen MR) is 190 cm³/mol. The Hall–Kier alpha value is -2.47. The minimum atomic E-state index is -2.26. The maximum atomic E-state index is 13.5. The Balaban J connectivity index is 2.25. The standard InChI is InChI=1S/C37H63NO9Si/c1-13-29(45-35(38)41)26(5)34-30(44-34)21-23(2)15-14-16-24(3)33-25(4)17-18-31(43-27(6)39)37(10,42)20-19-28(22-32(40)46-33)47-48(11,12)36(7,8)9/h14-18,23,25-26,28-31,33-34,42H,13,19-22H2,1-12H3,(H2,38,41)/b15-14+,18-17-,24-16+. The van der Waals surface area contributed by atoms with Gasteiger partial charge in [0.25, 0.3) is 0 Å². The van der Waals surface area contributed by atoms with E-state index in [2.05, 4.69) is 46.9 Å². The summed E-state index contributed by atoms with van der Waals surface area (Å²) in [6, 6.07) is 0. The van der Waals surface area contributed by atoms with Gasteiger partial charge in [0, 0.05) is 18.8 Å². The van der Waals surface area contributed by atoms with E-state index >= 15 is 0 Å². The van der Waals surface area contributed by atoms with Crippen molar-refractivity contribution in [3.8, 4) is 0 Å². The highest BCUT2D eigenvalue weighted by atomic mass is 28.4. The van der Waals surface area contributed by atoms with E-state index in [1.807, 2.05) is 45.9 Å². The van der Waals surface area contributed by atoms with E-state index in [4.69, 9.17) is 29.1 Å². The molecule has 2 heterocycles. The van der Waals surface area contributed by atoms with Crippen LogP contribution in [-0.2, 0) is 33.0 Å². The first-order valence-corrected chi connectivity index (χ1v) is 20.4. The molecule has 0 aromatic carbocycles. The van der Waals surface area contributed by atoms with Crippen LogP contribution in [0.5, 0.6) is 0 Å². The molecule has 2 aliphatic heterocycles. The third kappa shape index (κ3) is 12.8. The smallest absolute Gasteiger partial charge is 0.404 e. The largest absolute Gasteiger partial charge is 0.457 e. The van der Waals surface area contributed by atoms with Gasteiger partial charge in [-0.05, 0) is 75.2 Å². The van der Waals surface area contributed by atoms with Crippen LogP contribution in [0.3, 0.4) is 0 Å². The van der Waals surface area contributed by atoms with Gasteiger partial charge in [-0.2, -0.15) is 0 Å². The van der Waals surface area contributed by atoms with Crippen molar-refractivity contribution < 1.29 is 42.9 Å². The average molecular weight is 694 g/mol. The molecular formula is C37H63NO9Si. The molecule has 1 amide bonds. The highest BCUT2D eigenvalue weighted by Crippen LogP contribution is 2.39. The number of allylic oxidation sites excluding steroid dienone is 3. The Labute approximate surface area is 289 Å². The molecule has 0 saturated carbocycles. The Morgan fingerprint density at radius 2 is 1.85 bits per heavy atom. The van der Waals surface area contributed by atoms with Crippen molar-refractivity contribution in [3.05, 3.63) is 36.0 Å². The molecule has 2 aliphatic rings. The maximum Gasteiger partial charge on any atom is 0.404 e. The fraction of sp³-hybridized carbons (Fsp3) is 0.757. The second-order valence-electron chi connectivity index (χ2n) is 15.7. The Morgan fingerprint density at radius 1 is 1.21 bits per heavy atom. The Morgan fingerprint density at radius 3 is 2.42 bits per heavy atom. The molecule has 10 atom stereocenters. The minimum Gasteiger partial charge on any atom is -0.457 e. The third-order valence-corrected chi connectivity index (χ3v) is 14.6. The number of hydrogen-bond acceptors (Lipinski definition) is 9. The van der Waals surface area contributed by atoms with E-state index in [1.165, 1.54) is 6.92 Å². The first-order valence-electron chi connectivity index (χ1n) is 17.5. The topological polar surface area (TPSA) is 147 Å². The molecule has 10 nitrogen and oxygen atoms in total. The van der Waals surface area contributed by atoms with Gasteiger partial charge < -0.3 is 34.2 Å². The van der Waals surface area contributed by atoms with Gasteiger partial charge >= 0.3 is 18.0 Å². The van der Waals surface area contributed by atoms with E-state index in [0.717, 1.165) is 12.0 Å². The lowest BCUT2D eigenvalue weighted by Crippen LogP contribution is -2.46. The van der Waals surface area contributed by atoms with E-state index in [0.29, 0.717) is 12.8 Å². The highest BCUT2D eigenvalue weighted by Gasteiger charge is 2.46. The quantitative estimate of drug-likeness (QED) is 0.0543. The van der Waals surface area contributed by atoms with Crippen LogP contribution in [0.4, 0.5) is 4.79 Å². The van der Waals surface area contributed by atoms with Gasteiger partial charge in [0.2, 0.25) is 0 Å². The molecule has 1 fully saturated rings. The van der Waals surface area contributed by atoms with Crippen molar-refractivity contribution >= 4 is 26.3 Å². The van der Waals surface area contributed by atoms with Crippen LogP contribution in [0.25, 0.3) is 0 Å². The summed E-state index contributed by atoms with van der Waals surface area (Å²) in [6.45, 7) is 23.6. The number of cyclic esters (lactones) is 1. The number of hydrogen-bond donors (Lipinski definition) is 2. The van der Waals surface area contributed by atoms with Gasteiger partial charge in [-0.3, -0.25) is 9.59 Å². The van der Waals surface area contributed by atoms with Crippen molar-refractivity contribution in [2.24, 2.45) is 23.5 Å². The highest BCUT2D eigenvalue weighted by molar-refractivity contribution is 6.74. The van der Waals surface area contributed by atoms with Crippen molar-refractivity contribution in [2.75, 3.05) is 0 Å². The van der Waals surface area contributed by atoms with Crippen LogP contribution >= 0.6 is 0 Å². The zero-order chi connectivity index (χ0) is 36.6. The zero-order valence-corrected chi connectivity index (χ0v) is 32.4. The van der Waals surface area contributed by atoms with Crippen LogP contribution in [0.2, 0.25) is 18.1 Å². The number of carbonyl (C=O) groups excluding carboxylic acids is 3. The van der Waals surface area contributed by atoms with Crippen molar-refractivity contribution in [3.63, 3.8) is 0 Å². The summed E-state index contributed by atoms with van der Waals surface area (Å²) in [5.41, 5.74) is 4.71. The first kappa shape index (κ1) is 41.7. The summed E-state index contributed by atoms with van der Waals surface area (Å²) in [6.07, 6.45) is 8.91. The molecule has 10 unspecified atom stereocenters. The number of ether oxygens (including phenoxy) is 4. The lowest BCUT2D eigenvalue weighted by Gasteiger charge is -2.40. The summed E-state index contributed by atoms with van der Waals surface area (Å²) in [7, 11) is -2.26. The molecule has 0 spiro atoms. The molecule has 0 aromatic rings. The number of esters is 2. The first-order chi connectivity index (χ1) is 22.1. The van der Waals surface area contributed by atoms with Gasteiger partial charge in [-0.1, -0.05) is 72.8 Å². The van der Waals surface area contributed by atoms with Crippen LogP contribution in [0.1, 0.15) is 101 Å². The molecule has 3 N–H and O–H groups in total. The number of carbonyl (C=O) groups is 3. The molecule has 274 valence electrons. The SMILES string of the molecule is CCC(OC(N)=O)C(C)C1OC1CC(C)/C=C/C=C(\C)C1OC(=O)CC(O[Si](C)(C)C(C)(C)C)CCC(C)(O)C(OC(C)=O)/C=C\C1C. The van der Waals surface area contributed by atoms with Gasteiger partial charge in [0.05, 0.1) is 24.7 Å². The molecule has 1 saturated heterocycles. The van der Waals surface area contributed by atoms with Crippen LogP contribution < -0.4 is 5.73 Å². The van der Waals surface area contributed by atoms with Gasteiger partial charge in [0.15, 0.2) is 8.32 Å². The fourth-order valence-electron chi connectivity index (χ4n) is 5.98. The number of rotatable bonds is 12. The number of nitrogens with two attached hydrogens (primary N) is 1. The second kappa shape index (κ2) is 17.5. The lowest BCUT2D eigenvalue weighted by molar-refractivity contribution is -0.157. The molecule has 0 bridgehead atoms. The number of primary amides is 1. The van der Waals surface area contributed by atoms with Gasteiger partial charge in [-0.15, -0.1) is 0 Å². The van der Waals surface area contributed by atoms with E-state index in [1.54, 1.807) is 13.0 Å². The predicted octanol–water partition coefficient (Wildman–Crippen LogP) is 7.15. The minimum absolute atomic E-state index is 0.0201. The Bertz CT molecular complexity index is 1190. The van der Waals surface area contributed by atoms with E-state index < -0.39 is 44.3 Å². The summed E-state index contributed by atoms with van der Waals surface area (Å²) in [5.74, 6) is -0.863. The van der Waals surface area contributed by atoms with Crippen LogP contribution in [0, 0.1) is 17.8 Å². The zero-order valence-electron chi connectivity index (χ0n) is 31.4. The lowest BCUT2D eigenvalue weighted by atomic mass is 9.88. The average Bonchev–Trinajstić information content (AvgIpc) is 3.72. The van der Waals surface area contributed by atoms with Crippen molar-refractivity contribution in [2.45, 2.75) is 162 Å². The Kier molecular flexibility index (Phi) is 15.2. The van der Waals surface area contributed by atoms with Gasteiger partial charge in [-0.25, -0.2) is 4.79 Å². The van der Waals surface area contributed by atoms with Crippen LogP contribution in [-0.4, -0.2) is 73.7 Å². The summed E-state index contributed by atoms with van der Waals surface area (Å²) in [4.78, 5) is 36.7. The third-order valence-electron chi connectivity index (χ3n) is 10.1. The normalized spacial score (nSPS) is 31.9. The summed E-state index contributed by atoms with van der Waals surface area (Å²) >= 11 is 0. The second-order valence-corrected chi connectivity index (χ2v) is 20.4. The number of amides is 1. The van der Waals surface area contributed by atoms with E-state index in [-0.39, 0.29) is 59.9 Å². The number of aliphatic hydroxyl groups is 1. The monoisotopic (exact) mass is 693 g/mol. The van der Waals surface area contributed by atoms with Crippen molar-refractivity contribution in [1.29, 1.82) is 0 Å². The molecule has 2 rings (SSSR count). The molecule has 0 radical (unpaired) electrons. The van der Waals surface area contributed by atoms with E-state index in [9.17, 15) is 19.5 Å². The molecule has 0 aliphatic carbocycles. The number of epoxide rings is 1. The maximum absolute atomic E-state index is 13.5. The fourth-order valence-corrected chi connectivity index (χ4v) is 7.37. The summed E-state index contributed by atoms with van der Waals surface area (Å²) in [5, 5.41) is 11.4. The summed E-state index contributed by atoms with van der Waals surface area (Å²) < 4.78 is 29.6. The molecule has 11 heteroatoms. The molecular weight excluding hydrogens is 630 g/mol. The molecule has 0 aromatic heterocycles. The van der Waals surface area contributed by atoms with Gasteiger partial charge in [0.1, 0.15) is 23.9 Å². The molecule has 48 heavy (non-hydrogen) atoms.